The molecule has 0 aliphatic heterocycles. The number of para-hydroxylation sites is 1. The molecule has 0 radical (unpaired) electrons. The summed E-state index contributed by atoms with van der Waals surface area (Å²) in [6.45, 7) is 0. The molecular formula is C55H33N. The molecule has 1 aromatic heterocycles. The average Bonchev–Trinajstić information content (AvgIpc) is 3.87. The smallest absolute Gasteiger partial charge is 0.0726 e. The monoisotopic (exact) mass is 707 g/mol. The number of aromatic nitrogens is 1. The SMILES string of the molecule is c1ccc2c(c1)-c1ccccc1C21c2ccccc2-c2ccc(-n3c4ccccc4c4ccc(-c5ccc6c7ccccc7c7ccccc7c6c5)cc43)cc21. The number of hydrogen-bond acceptors (Lipinski definition) is 0. The van der Waals surface area contributed by atoms with Crippen LogP contribution in [0.3, 0.4) is 0 Å². The fourth-order valence-corrected chi connectivity index (χ4v) is 10.7. The molecule has 0 fully saturated rings. The van der Waals surface area contributed by atoms with Crippen LogP contribution in [0.5, 0.6) is 0 Å². The van der Waals surface area contributed by atoms with Crippen LogP contribution in [0.15, 0.2) is 200 Å². The van der Waals surface area contributed by atoms with Gasteiger partial charge in [-0.05, 0) is 118 Å². The van der Waals surface area contributed by atoms with Crippen molar-refractivity contribution in [2.45, 2.75) is 5.41 Å². The van der Waals surface area contributed by atoms with Gasteiger partial charge in [-0.25, -0.2) is 0 Å². The summed E-state index contributed by atoms with van der Waals surface area (Å²) >= 11 is 0. The van der Waals surface area contributed by atoms with Crippen LogP contribution >= 0.6 is 0 Å². The normalized spacial score (nSPS) is 13.5. The molecule has 1 nitrogen and oxygen atoms in total. The Labute approximate surface area is 324 Å². The Hall–Kier alpha value is -7.22. The predicted molar refractivity (Wildman–Crippen MR) is 235 cm³/mol. The highest BCUT2D eigenvalue weighted by molar-refractivity contribution is 6.25. The molecule has 1 heteroatoms. The van der Waals surface area contributed by atoms with Crippen molar-refractivity contribution >= 4 is 54.1 Å². The molecule has 0 saturated heterocycles. The Morgan fingerprint density at radius 1 is 0.268 bits per heavy atom. The number of rotatable bonds is 2. The summed E-state index contributed by atoms with van der Waals surface area (Å²) in [5, 5.41) is 10.3. The quantitative estimate of drug-likeness (QED) is 0.158. The maximum Gasteiger partial charge on any atom is 0.0726 e. The maximum atomic E-state index is 2.50. The van der Waals surface area contributed by atoms with E-state index in [1.807, 2.05) is 0 Å². The molecule has 1 spiro atoms. The second-order valence-corrected chi connectivity index (χ2v) is 15.6. The minimum Gasteiger partial charge on any atom is -0.309 e. The van der Waals surface area contributed by atoms with Gasteiger partial charge >= 0.3 is 0 Å². The van der Waals surface area contributed by atoms with E-state index in [1.165, 1.54) is 115 Å². The van der Waals surface area contributed by atoms with E-state index in [9.17, 15) is 0 Å². The number of hydrogen-bond donors (Lipinski definition) is 0. The van der Waals surface area contributed by atoms with Gasteiger partial charge in [0, 0.05) is 16.5 Å². The van der Waals surface area contributed by atoms with Crippen LogP contribution in [-0.4, -0.2) is 4.57 Å². The van der Waals surface area contributed by atoms with Crippen LogP contribution in [0.4, 0.5) is 0 Å². The highest BCUT2D eigenvalue weighted by atomic mass is 15.0. The average molecular weight is 708 g/mol. The van der Waals surface area contributed by atoms with Crippen molar-refractivity contribution in [2.75, 3.05) is 0 Å². The summed E-state index contributed by atoms with van der Waals surface area (Å²) in [5.41, 5.74) is 16.4. The van der Waals surface area contributed by atoms with Crippen molar-refractivity contribution in [3.8, 4) is 39.1 Å². The number of fused-ring (bicyclic) bond motifs is 19. The van der Waals surface area contributed by atoms with E-state index in [0.29, 0.717) is 0 Å². The van der Waals surface area contributed by atoms with Crippen LogP contribution in [0.25, 0.3) is 93.2 Å². The topological polar surface area (TPSA) is 4.93 Å². The second kappa shape index (κ2) is 10.9. The molecule has 13 rings (SSSR count). The molecule has 56 heavy (non-hydrogen) atoms. The molecule has 0 saturated carbocycles. The molecule has 0 N–H and O–H groups in total. The molecule has 2 aliphatic rings. The maximum absolute atomic E-state index is 2.50. The molecule has 0 unspecified atom stereocenters. The van der Waals surface area contributed by atoms with Gasteiger partial charge in [0.2, 0.25) is 0 Å². The van der Waals surface area contributed by atoms with E-state index in [-0.39, 0.29) is 0 Å². The zero-order chi connectivity index (χ0) is 36.5. The lowest BCUT2D eigenvalue weighted by atomic mass is 9.70. The molecule has 2 aliphatic carbocycles. The zero-order valence-corrected chi connectivity index (χ0v) is 30.5. The first-order valence-electron chi connectivity index (χ1n) is 19.6. The first-order chi connectivity index (χ1) is 27.8. The number of nitrogens with zero attached hydrogens (tertiary/aromatic N) is 1. The summed E-state index contributed by atoms with van der Waals surface area (Å²) in [6, 6.07) is 75.1. The van der Waals surface area contributed by atoms with E-state index in [0.717, 1.165) is 0 Å². The molecule has 11 aromatic rings. The molecule has 0 amide bonds. The summed E-state index contributed by atoms with van der Waals surface area (Å²) in [4.78, 5) is 0. The Balaban J connectivity index is 1.07. The molecule has 0 atom stereocenters. The first kappa shape index (κ1) is 30.1. The van der Waals surface area contributed by atoms with Gasteiger partial charge in [0.15, 0.2) is 0 Å². The lowest BCUT2D eigenvalue weighted by Crippen LogP contribution is -2.26. The van der Waals surface area contributed by atoms with Crippen molar-refractivity contribution in [1.29, 1.82) is 0 Å². The molecule has 10 aromatic carbocycles. The van der Waals surface area contributed by atoms with Crippen molar-refractivity contribution in [3.63, 3.8) is 0 Å². The minimum atomic E-state index is -0.392. The molecule has 1 heterocycles. The highest BCUT2D eigenvalue weighted by Crippen LogP contribution is 2.63. The summed E-state index contributed by atoms with van der Waals surface area (Å²) in [7, 11) is 0. The third-order valence-electron chi connectivity index (χ3n) is 13.0. The summed E-state index contributed by atoms with van der Waals surface area (Å²) < 4.78 is 2.50. The fourth-order valence-electron chi connectivity index (χ4n) is 10.7. The van der Waals surface area contributed by atoms with Crippen molar-refractivity contribution in [2.24, 2.45) is 0 Å². The van der Waals surface area contributed by atoms with E-state index >= 15 is 0 Å². The van der Waals surface area contributed by atoms with Gasteiger partial charge in [0.05, 0.1) is 16.4 Å². The molecule has 258 valence electrons. The van der Waals surface area contributed by atoms with Crippen molar-refractivity contribution < 1.29 is 0 Å². The second-order valence-electron chi connectivity index (χ2n) is 15.6. The van der Waals surface area contributed by atoms with Crippen LogP contribution in [0.2, 0.25) is 0 Å². The standard InChI is InChI=1S/C55H33N/c1-2-15-39-37(13-1)38-14-3-4-16-40(38)48-31-34(25-28-41(39)48)35-26-29-47-46-20-8-12-24-53(46)56(54(47)32-35)36-27-30-45-44-19-7-11-23-51(44)55(52(45)33-36)49-21-9-5-17-42(49)43-18-6-10-22-50(43)55/h1-33H. The van der Waals surface area contributed by atoms with Crippen molar-refractivity contribution in [3.05, 3.63) is 222 Å². The van der Waals surface area contributed by atoms with Crippen LogP contribution in [0.1, 0.15) is 22.3 Å². The van der Waals surface area contributed by atoms with Gasteiger partial charge in [-0.15, -0.1) is 0 Å². The van der Waals surface area contributed by atoms with E-state index in [1.54, 1.807) is 0 Å². The van der Waals surface area contributed by atoms with Gasteiger partial charge in [-0.2, -0.15) is 0 Å². The predicted octanol–water partition coefficient (Wildman–Crippen LogP) is 14.3. The van der Waals surface area contributed by atoms with Gasteiger partial charge in [0.1, 0.15) is 0 Å². The summed E-state index contributed by atoms with van der Waals surface area (Å²) in [6.07, 6.45) is 0. The van der Waals surface area contributed by atoms with E-state index in [2.05, 4.69) is 205 Å². The van der Waals surface area contributed by atoms with Gasteiger partial charge in [-0.3, -0.25) is 0 Å². The minimum absolute atomic E-state index is 0.392. The Morgan fingerprint density at radius 3 is 1.30 bits per heavy atom. The van der Waals surface area contributed by atoms with Gasteiger partial charge in [0.25, 0.3) is 0 Å². The third kappa shape index (κ3) is 3.75. The summed E-state index contributed by atoms with van der Waals surface area (Å²) in [5.74, 6) is 0. The van der Waals surface area contributed by atoms with Gasteiger partial charge < -0.3 is 4.57 Å². The van der Waals surface area contributed by atoms with Crippen LogP contribution in [0, 0.1) is 0 Å². The van der Waals surface area contributed by atoms with Gasteiger partial charge in [-0.1, -0.05) is 170 Å². The molecular weight excluding hydrogens is 675 g/mol. The lowest BCUT2D eigenvalue weighted by molar-refractivity contribution is 0.792. The molecule has 0 bridgehead atoms. The first-order valence-corrected chi connectivity index (χ1v) is 19.6. The Bertz CT molecular complexity index is 3390. The third-order valence-corrected chi connectivity index (χ3v) is 13.0. The van der Waals surface area contributed by atoms with Crippen LogP contribution < -0.4 is 0 Å². The fraction of sp³-hybridized carbons (Fsp3) is 0.0182. The lowest BCUT2D eigenvalue weighted by Gasteiger charge is -2.30. The Morgan fingerprint density at radius 2 is 0.696 bits per heavy atom. The highest BCUT2D eigenvalue weighted by Gasteiger charge is 2.51. The van der Waals surface area contributed by atoms with Crippen molar-refractivity contribution in [1.82, 2.24) is 4.57 Å². The van der Waals surface area contributed by atoms with E-state index in [4.69, 9.17) is 0 Å². The number of benzene rings is 10. The zero-order valence-electron chi connectivity index (χ0n) is 30.5. The Kier molecular flexibility index (Phi) is 5.89. The van der Waals surface area contributed by atoms with Crippen LogP contribution in [-0.2, 0) is 5.41 Å². The van der Waals surface area contributed by atoms with E-state index < -0.39 is 5.41 Å². The largest absolute Gasteiger partial charge is 0.309 e.